The zero-order valence-corrected chi connectivity index (χ0v) is 12.0. The summed E-state index contributed by atoms with van der Waals surface area (Å²) in [5.74, 6) is 2.96. The zero-order valence-electron chi connectivity index (χ0n) is 12.0. The Bertz CT molecular complexity index is 298. The number of hydrogen-bond acceptors (Lipinski definition) is 3. The van der Waals surface area contributed by atoms with Gasteiger partial charge in [0, 0.05) is 32.5 Å². The minimum Gasteiger partial charge on any atom is -0.356 e. The van der Waals surface area contributed by atoms with Crippen LogP contribution < -0.4 is 0 Å². The van der Waals surface area contributed by atoms with E-state index in [4.69, 9.17) is 9.47 Å². The van der Waals surface area contributed by atoms with Crippen molar-refractivity contribution in [2.24, 2.45) is 29.6 Å². The number of carbonyl (C=O) groups excluding carboxylic acids is 1. The van der Waals surface area contributed by atoms with Gasteiger partial charge in [-0.1, -0.05) is 13.8 Å². The van der Waals surface area contributed by atoms with Gasteiger partial charge in [-0.2, -0.15) is 0 Å². The molecule has 0 aliphatic heterocycles. The average Bonchev–Trinajstić information content (AvgIpc) is 2.81. The van der Waals surface area contributed by atoms with Gasteiger partial charge in [0.15, 0.2) is 6.29 Å². The molecule has 2 fully saturated rings. The van der Waals surface area contributed by atoms with Crippen molar-refractivity contribution in [2.45, 2.75) is 45.8 Å². The third kappa shape index (κ3) is 2.35. The van der Waals surface area contributed by atoms with Crippen LogP contribution in [0.2, 0.25) is 0 Å². The highest BCUT2D eigenvalue weighted by Crippen LogP contribution is 2.50. The van der Waals surface area contributed by atoms with Crippen LogP contribution in [0.1, 0.15) is 39.5 Å². The third-order valence-electron chi connectivity index (χ3n) is 5.26. The van der Waals surface area contributed by atoms with Crippen molar-refractivity contribution >= 4 is 5.78 Å². The van der Waals surface area contributed by atoms with E-state index in [0.29, 0.717) is 35.4 Å². The molecule has 0 aromatic heterocycles. The van der Waals surface area contributed by atoms with Crippen LogP contribution in [0, 0.1) is 29.6 Å². The van der Waals surface area contributed by atoms with Gasteiger partial charge in [0.2, 0.25) is 0 Å². The first-order valence-corrected chi connectivity index (χ1v) is 7.18. The first kappa shape index (κ1) is 14.0. The molecule has 0 spiro atoms. The van der Waals surface area contributed by atoms with Gasteiger partial charge in [-0.15, -0.1) is 0 Å². The largest absolute Gasteiger partial charge is 0.356 e. The fourth-order valence-corrected chi connectivity index (χ4v) is 4.34. The van der Waals surface area contributed by atoms with E-state index >= 15 is 0 Å². The van der Waals surface area contributed by atoms with Gasteiger partial charge in [0.1, 0.15) is 5.78 Å². The Morgan fingerprint density at radius 2 is 1.83 bits per heavy atom. The maximum atomic E-state index is 12.0. The first-order valence-electron chi connectivity index (χ1n) is 7.18. The van der Waals surface area contributed by atoms with Gasteiger partial charge in [-0.25, -0.2) is 0 Å². The topological polar surface area (TPSA) is 35.5 Å². The van der Waals surface area contributed by atoms with Crippen LogP contribution in [0.15, 0.2) is 0 Å². The van der Waals surface area contributed by atoms with E-state index in [1.807, 2.05) is 0 Å². The normalized spacial score (nSPS) is 37.9. The van der Waals surface area contributed by atoms with Crippen molar-refractivity contribution in [1.29, 1.82) is 0 Å². The lowest BCUT2D eigenvalue weighted by molar-refractivity contribution is -0.152. The van der Waals surface area contributed by atoms with Gasteiger partial charge in [-0.3, -0.25) is 4.79 Å². The van der Waals surface area contributed by atoms with Crippen molar-refractivity contribution in [3.8, 4) is 0 Å². The molecular weight excluding hydrogens is 228 g/mol. The van der Waals surface area contributed by atoms with Crippen LogP contribution >= 0.6 is 0 Å². The summed E-state index contributed by atoms with van der Waals surface area (Å²) in [5.41, 5.74) is 0. The lowest BCUT2D eigenvalue weighted by Gasteiger charge is -2.38. The molecule has 2 saturated carbocycles. The molecule has 0 radical (unpaired) electrons. The Morgan fingerprint density at radius 3 is 2.44 bits per heavy atom. The lowest BCUT2D eigenvalue weighted by atomic mass is 9.68. The summed E-state index contributed by atoms with van der Waals surface area (Å²) in [6, 6.07) is 0. The fourth-order valence-electron chi connectivity index (χ4n) is 4.34. The van der Waals surface area contributed by atoms with Gasteiger partial charge < -0.3 is 9.47 Å². The Kier molecular flexibility index (Phi) is 4.44. The maximum absolute atomic E-state index is 12.0. The molecule has 0 saturated heterocycles. The quantitative estimate of drug-likeness (QED) is 0.724. The number of Topliss-reactive ketones (excluding diaryl/α,β-unsaturated/α-hetero) is 1. The number of fused-ring (bicyclic) bond motifs is 1. The van der Waals surface area contributed by atoms with Gasteiger partial charge in [0.05, 0.1) is 0 Å². The number of methoxy groups -OCH3 is 2. The van der Waals surface area contributed by atoms with Crippen LogP contribution in [-0.2, 0) is 14.3 Å². The predicted molar refractivity (Wildman–Crippen MR) is 70.1 cm³/mol. The SMILES string of the molecule is COC(OC)[C@@H](C)C1CCC2C(=O)CCC(C)[C@@H]21. The molecule has 2 aliphatic carbocycles. The summed E-state index contributed by atoms with van der Waals surface area (Å²) >= 11 is 0. The summed E-state index contributed by atoms with van der Waals surface area (Å²) in [5, 5.41) is 0. The van der Waals surface area contributed by atoms with Crippen molar-refractivity contribution in [3.63, 3.8) is 0 Å². The molecule has 3 heteroatoms. The third-order valence-corrected chi connectivity index (χ3v) is 5.26. The first-order chi connectivity index (χ1) is 8.60. The Labute approximate surface area is 110 Å². The van der Waals surface area contributed by atoms with Crippen LogP contribution in [0.4, 0.5) is 0 Å². The standard InChI is InChI=1S/C15H26O3/c1-9-5-8-13(16)12-7-6-11(14(9)12)10(2)15(17-3)18-4/h9-12,14-15H,5-8H2,1-4H3/t9?,10-,11?,12?,14+/m0/s1. The Hall–Kier alpha value is -0.410. The maximum Gasteiger partial charge on any atom is 0.159 e. The van der Waals surface area contributed by atoms with Crippen LogP contribution in [0.25, 0.3) is 0 Å². The molecule has 2 aliphatic rings. The van der Waals surface area contributed by atoms with Gasteiger partial charge in [0.25, 0.3) is 0 Å². The van der Waals surface area contributed by atoms with E-state index < -0.39 is 0 Å². The number of rotatable bonds is 4. The second kappa shape index (κ2) is 5.70. The predicted octanol–water partition coefficient (Wildman–Crippen LogP) is 2.88. The van der Waals surface area contributed by atoms with E-state index in [2.05, 4.69) is 13.8 Å². The minimum atomic E-state index is -0.141. The van der Waals surface area contributed by atoms with E-state index in [9.17, 15) is 4.79 Å². The molecule has 0 aromatic carbocycles. The molecule has 0 aromatic rings. The monoisotopic (exact) mass is 254 g/mol. The molecule has 0 bridgehead atoms. The van der Waals surface area contributed by atoms with Gasteiger partial charge >= 0.3 is 0 Å². The molecule has 0 heterocycles. The summed E-state index contributed by atoms with van der Waals surface area (Å²) in [7, 11) is 3.40. The Morgan fingerprint density at radius 1 is 1.17 bits per heavy atom. The second-order valence-electron chi connectivity index (χ2n) is 6.11. The minimum absolute atomic E-state index is 0.141. The molecule has 18 heavy (non-hydrogen) atoms. The van der Waals surface area contributed by atoms with E-state index in [-0.39, 0.29) is 6.29 Å². The molecular formula is C15H26O3. The smallest absolute Gasteiger partial charge is 0.159 e. The van der Waals surface area contributed by atoms with E-state index in [1.165, 1.54) is 0 Å². The van der Waals surface area contributed by atoms with Crippen LogP contribution in [-0.4, -0.2) is 26.3 Å². The highest BCUT2D eigenvalue weighted by Gasteiger charge is 2.48. The molecule has 0 amide bonds. The van der Waals surface area contributed by atoms with Crippen LogP contribution in [0.3, 0.4) is 0 Å². The molecule has 2 rings (SSSR count). The number of ether oxygens (including phenoxy) is 2. The highest BCUT2D eigenvalue weighted by atomic mass is 16.7. The van der Waals surface area contributed by atoms with Crippen LogP contribution in [0.5, 0.6) is 0 Å². The second-order valence-corrected chi connectivity index (χ2v) is 6.11. The summed E-state index contributed by atoms with van der Waals surface area (Å²) < 4.78 is 10.8. The number of ketones is 1. The molecule has 104 valence electrons. The van der Waals surface area contributed by atoms with Crippen molar-refractivity contribution < 1.29 is 14.3 Å². The van der Waals surface area contributed by atoms with Crippen molar-refractivity contribution in [2.75, 3.05) is 14.2 Å². The molecule has 5 atom stereocenters. The number of hydrogen-bond donors (Lipinski definition) is 0. The zero-order chi connectivity index (χ0) is 13.3. The highest BCUT2D eigenvalue weighted by molar-refractivity contribution is 5.82. The summed E-state index contributed by atoms with van der Waals surface area (Å²) in [6.07, 6.45) is 3.94. The van der Waals surface area contributed by atoms with E-state index in [0.717, 1.165) is 25.7 Å². The average molecular weight is 254 g/mol. The number of carbonyl (C=O) groups is 1. The van der Waals surface area contributed by atoms with Crippen molar-refractivity contribution in [1.82, 2.24) is 0 Å². The molecule has 3 unspecified atom stereocenters. The van der Waals surface area contributed by atoms with E-state index in [1.54, 1.807) is 14.2 Å². The van der Waals surface area contributed by atoms with Gasteiger partial charge in [-0.05, 0) is 37.0 Å². The summed E-state index contributed by atoms with van der Waals surface area (Å²) in [4.78, 5) is 12.0. The summed E-state index contributed by atoms with van der Waals surface area (Å²) in [6.45, 7) is 4.51. The molecule has 0 N–H and O–H groups in total. The Balaban J connectivity index is 2.12. The molecule has 3 nitrogen and oxygen atoms in total. The fraction of sp³-hybridized carbons (Fsp3) is 0.933. The van der Waals surface area contributed by atoms with Crippen molar-refractivity contribution in [3.05, 3.63) is 0 Å². The lowest BCUT2D eigenvalue weighted by Crippen LogP contribution is -2.38.